The number of nitrogens with zero attached hydrogens (tertiary/aromatic N) is 1. The number of rotatable bonds is 8. The molecule has 1 N–H and O–H groups in total. The van der Waals surface area contributed by atoms with E-state index in [9.17, 15) is 0 Å². The Hall–Kier alpha value is -0.160. The van der Waals surface area contributed by atoms with E-state index in [-0.39, 0.29) is 0 Å². The average molecular weight is 318 g/mol. The molecule has 0 amide bonds. The van der Waals surface area contributed by atoms with E-state index in [0.29, 0.717) is 0 Å². The van der Waals surface area contributed by atoms with Crippen LogP contribution in [-0.4, -0.2) is 16.0 Å². The van der Waals surface area contributed by atoms with Crippen LogP contribution in [0.15, 0.2) is 24.5 Å². The van der Waals surface area contributed by atoms with Crippen LogP contribution < -0.4 is 5.32 Å². The van der Waals surface area contributed by atoms with Gasteiger partial charge in [0.05, 0.1) is 0 Å². The summed E-state index contributed by atoms with van der Waals surface area (Å²) in [6.07, 6.45) is 9.11. The SMILES string of the molecule is ICCCCCCNCc1cccnc1. The molecule has 1 aromatic rings. The number of nitrogens with one attached hydrogen (secondary N) is 1. The number of halogens is 1. The van der Waals surface area contributed by atoms with E-state index in [0.717, 1.165) is 13.1 Å². The maximum Gasteiger partial charge on any atom is 0.0312 e. The van der Waals surface area contributed by atoms with E-state index in [1.54, 1.807) is 0 Å². The number of hydrogen-bond donors (Lipinski definition) is 1. The number of alkyl halides is 1. The van der Waals surface area contributed by atoms with Gasteiger partial charge in [0.2, 0.25) is 0 Å². The minimum absolute atomic E-state index is 0.945. The third-order valence-corrected chi connectivity index (χ3v) is 3.05. The number of unbranched alkanes of at least 4 members (excludes halogenated alkanes) is 3. The Balaban J connectivity index is 1.93. The van der Waals surface area contributed by atoms with Gasteiger partial charge in [-0.25, -0.2) is 0 Å². The highest BCUT2D eigenvalue weighted by Gasteiger charge is 1.92. The van der Waals surface area contributed by atoms with Crippen molar-refractivity contribution in [2.45, 2.75) is 32.2 Å². The van der Waals surface area contributed by atoms with Crippen LogP contribution in [0.3, 0.4) is 0 Å². The fourth-order valence-corrected chi connectivity index (χ4v) is 1.97. The minimum Gasteiger partial charge on any atom is -0.313 e. The van der Waals surface area contributed by atoms with Crippen molar-refractivity contribution in [1.82, 2.24) is 10.3 Å². The molecule has 15 heavy (non-hydrogen) atoms. The van der Waals surface area contributed by atoms with Gasteiger partial charge in [-0.2, -0.15) is 0 Å². The zero-order valence-corrected chi connectivity index (χ0v) is 11.2. The lowest BCUT2D eigenvalue weighted by atomic mass is 10.2. The van der Waals surface area contributed by atoms with Gasteiger partial charge in [-0.15, -0.1) is 0 Å². The molecule has 0 spiro atoms. The summed E-state index contributed by atoms with van der Waals surface area (Å²) in [7, 11) is 0. The lowest BCUT2D eigenvalue weighted by Crippen LogP contribution is -2.14. The van der Waals surface area contributed by atoms with Gasteiger partial charge in [0.25, 0.3) is 0 Å². The van der Waals surface area contributed by atoms with Gasteiger partial charge in [-0.05, 0) is 35.4 Å². The highest BCUT2D eigenvalue weighted by molar-refractivity contribution is 14.1. The number of aromatic nitrogens is 1. The third kappa shape index (κ3) is 6.84. The van der Waals surface area contributed by atoms with Gasteiger partial charge >= 0.3 is 0 Å². The molecule has 2 nitrogen and oxygen atoms in total. The molecule has 0 bridgehead atoms. The summed E-state index contributed by atoms with van der Waals surface area (Å²) in [4.78, 5) is 4.08. The highest BCUT2D eigenvalue weighted by atomic mass is 127. The van der Waals surface area contributed by atoms with Crippen LogP contribution in [0.4, 0.5) is 0 Å². The van der Waals surface area contributed by atoms with Crippen LogP contribution in [0.1, 0.15) is 31.2 Å². The minimum atomic E-state index is 0.945. The Morgan fingerprint density at radius 2 is 2.07 bits per heavy atom. The van der Waals surface area contributed by atoms with Crippen LogP contribution in [0, 0.1) is 0 Å². The lowest BCUT2D eigenvalue weighted by Gasteiger charge is -2.03. The normalized spacial score (nSPS) is 10.5. The van der Waals surface area contributed by atoms with E-state index in [2.05, 4.69) is 39.0 Å². The second kappa shape index (κ2) is 9.09. The second-order valence-electron chi connectivity index (χ2n) is 3.64. The largest absolute Gasteiger partial charge is 0.313 e. The maximum absolute atomic E-state index is 4.08. The first-order valence-corrected chi connectivity index (χ1v) is 7.11. The fraction of sp³-hybridized carbons (Fsp3) is 0.583. The third-order valence-electron chi connectivity index (χ3n) is 2.29. The highest BCUT2D eigenvalue weighted by Crippen LogP contribution is 2.01. The smallest absolute Gasteiger partial charge is 0.0312 e. The van der Waals surface area contributed by atoms with Crippen molar-refractivity contribution in [2.75, 3.05) is 11.0 Å². The van der Waals surface area contributed by atoms with Crippen LogP contribution in [0.25, 0.3) is 0 Å². The predicted octanol–water partition coefficient (Wildman–Crippen LogP) is 3.17. The summed E-state index contributed by atoms with van der Waals surface area (Å²) in [5.41, 5.74) is 1.27. The van der Waals surface area contributed by atoms with Crippen molar-refractivity contribution >= 4 is 22.6 Å². The standard InChI is InChI=1S/C12H19IN2/c13-7-3-1-2-4-8-14-10-12-6-5-9-15-11-12/h5-6,9,11,14H,1-4,7-8,10H2. The van der Waals surface area contributed by atoms with Crippen LogP contribution in [0.2, 0.25) is 0 Å². The van der Waals surface area contributed by atoms with E-state index < -0.39 is 0 Å². The molecule has 0 saturated heterocycles. The zero-order chi connectivity index (χ0) is 10.8. The molecule has 0 aliphatic rings. The van der Waals surface area contributed by atoms with Crippen molar-refractivity contribution in [3.63, 3.8) is 0 Å². The summed E-state index contributed by atoms with van der Waals surface area (Å²) in [5.74, 6) is 0. The fourth-order valence-electron chi connectivity index (χ4n) is 1.43. The summed E-state index contributed by atoms with van der Waals surface area (Å²) < 4.78 is 1.29. The zero-order valence-electron chi connectivity index (χ0n) is 9.08. The van der Waals surface area contributed by atoms with Gasteiger partial charge in [0.15, 0.2) is 0 Å². The van der Waals surface area contributed by atoms with Gasteiger partial charge < -0.3 is 5.32 Å². The van der Waals surface area contributed by atoms with E-state index in [4.69, 9.17) is 0 Å². The molecule has 0 unspecified atom stereocenters. The molecule has 0 atom stereocenters. The molecule has 3 heteroatoms. The monoisotopic (exact) mass is 318 g/mol. The number of pyridine rings is 1. The quantitative estimate of drug-likeness (QED) is 0.452. The molecule has 0 saturated carbocycles. The Bertz CT molecular complexity index is 239. The summed E-state index contributed by atoms with van der Waals surface area (Å²) in [6.45, 7) is 2.07. The second-order valence-corrected chi connectivity index (χ2v) is 4.72. The molecular formula is C12H19IN2. The Morgan fingerprint density at radius 3 is 2.80 bits per heavy atom. The molecule has 0 radical (unpaired) electrons. The van der Waals surface area contributed by atoms with Crippen molar-refractivity contribution in [1.29, 1.82) is 0 Å². The summed E-state index contributed by atoms with van der Waals surface area (Å²) in [5, 5.41) is 3.44. The summed E-state index contributed by atoms with van der Waals surface area (Å²) >= 11 is 2.44. The van der Waals surface area contributed by atoms with E-state index in [1.165, 1.54) is 35.7 Å². The maximum atomic E-state index is 4.08. The van der Waals surface area contributed by atoms with Gasteiger partial charge in [-0.1, -0.05) is 41.5 Å². The summed E-state index contributed by atoms with van der Waals surface area (Å²) in [6, 6.07) is 4.09. The van der Waals surface area contributed by atoms with Gasteiger partial charge in [0.1, 0.15) is 0 Å². The Labute approximate surface area is 106 Å². The first-order valence-electron chi connectivity index (χ1n) is 5.59. The predicted molar refractivity (Wildman–Crippen MR) is 73.3 cm³/mol. The first kappa shape index (κ1) is 12.9. The Morgan fingerprint density at radius 1 is 1.20 bits per heavy atom. The first-order chi connectivity index (χ1) is 7.43. The topological polar surface area (TPSA) is 24.9 Å². The molecule has 0 aromatic carbocycles. The van der Waals surface area contributed by atoms with E-state index in [1.807, 2.05) is 18.5 Å². The molecule has 1 aromatic heterocycles. The van der Waals surface area contributed by atoms with Crippen LogP contribution in [0.5, 0.6) is 0 Å². The molecule has 0 fully saturated rings. The molecule has 0 aliphatic carbocycles. The van der Waals surface area contributed by atoms with Crippen molar-refractivity contribution < 1.29 is 0 Å². The van der Waals surface area contributed by atoms with Gasteiger partial charge in [-0.3, -0.25) is 4.98 Å². The molecule has 0 aliphatic heterocycles. The Kier molecular flexibility index (Phi) is 7.83. The van der Waals surface area contributed by atoms with Crippen LogP contribution in [-0.2, 0) is 6.54 Å². The lowest BCUT2D eigenvalue weighted by molar-refractivity contribution is 0.600. The van der Waals surface area contributed by atoms with Crippen molar-refractivity contribution in [3.8, 4) is 0 Å². The average Bonchev–Trinajstić information content (AvgIpc) is 2.29. The van der Waals surface area contributed by atoms with E-state index >= 15 is 0 Å². The number of hydrogen-bond acceptors (Lipinski definition) is 2. The molecular weight excluding hydrogens is 299 g/mol. The van der Waals surface area contributed by atoms with Crippen molar-refractivity contribution in [3.05, 3.63) is 30.1 Å². The molecule has 1 heterocycles. The molecule has 84 valence electrons. The van der Waals surface area contributed by atoms with Gasteiger partial charge in [0, 0.05) is 18.9 Å². The van der Waals surface area contributed by atoms with Crippen LogP contribution >= 0.6 is 22.6 Å². The molecule has 1 rings (SSSR count). The van der Waals surface area contributed by atoms with Crippen molar-refractivity contribution in [2.24, 2.45) is 0 Å².